The van der Waals surface area contributed by atoms with Gasteiger partial charge in [0.1, 0.15) is 11.8 Å². The minimum Gasteiger partial charge on any atom is -0.490 e. The number of nitrogens with one attached hydrogen (secondary N) is 2. The third-order valence-electron chi connectivity index (χ3n) is 6.07. The number of nitrogens with zero attached hydrogens (tertiary/aromatic N) is 1. The number of aromatic nitrogens is 1. The SMILES string of the molecule is O=C(NC(Cc1ccccc1)C(=O)NCc1ccc(OC2CCCCC2)cc1)c1cccnc1. The molecule has 0 aliphatic heterocycles. The van der Waals surface area contributed by atoms with E-state index >= 15 is 0 Å². The second-order valence-corrected chi connectivity index (χ2v) is 8.70. The third-order valence-corrected chi connectivity index (χ3v) is 6.07. The van der Waals surface area contributed by atoms with E-state index in [1.54, 1.807) is 18.3 Å². The maximum Gasteiger partial charge on any atom is 0.253 e. The Morgan fingerprint density at radius 1 is 0.912 bits per heavy atom. The Balaban J connectivity index is 1.36. The van der Waals surface area contributed by atoms with E-state index in [1.165, 1.54) is 25.5 Å². The van der Waals surface area contributed by atoms with Gasteiger partial charge in [0.05, 0.1) is 11.7 Å². The molecule has 1 saturated carbocycles. The van der Waals surface area contributed by atoms with Gasteiger partial charge in [0, 0.05) is 25.4 Å². The third kappa shape index (κ3) is 6.91. The van der Waals surface area contributed by atoms with Gasteiger partial charge in [-0.2, -0.15) is 0 Å². The van der Waals surface area contributed by atoms with Crippen LogP contribution < -0.4 is 15.4 Å². The Labute approximate surface area is 200 Å². The maximum absolute atomic E-state index is 13.1. The molecule has 4 rings (SSSR count). The van der Waals surface area contributed by atoms with Gasteiger partial charge >= 0.3 is 0 Å². The molecule has 1 heterocycles. The van der Waals surface area contributed by atoms with Crippen LogP contribution in [0.1, 0.15) is 53.6 Å². The molecule has 1 unspecified atom stereocenters. The fraction of sp³-hybridized carbons (Fsp3) is 0.321. The summed E-state index contributed by atoms with van der Waals surface area (Å²) >= 11 is 0. The lowest BCUT2D eigenvalue weighted by atomic mass is 9.98. The molecule has 0 radical (unpaired) electrons. The monoisotopic (exact) mass is 457 g/mol. The van der Waals surface area contributed by atoms with Crippen LogP contribution in [0.3, 0.4) is 0 Å². The van der Waals surface area contributed by atoms with Gasteiger partial charge in [-0.15, -0.1) is 0 Å². The lowest BCUT2D eigenvalue weighted by Crippen LogP contribution is -2.47. The van der Waals surface area contributed by atoms with Crippen molar-refractivity contribution in [3.05, 3.63) is 95.8 Å². The average Bonchev–Trinajstić information content (AvgIpc) is 2.89. The Kier molecular flexibility index (Phi) is 8.27. The number of pyridine rings is 1. The van der Waals surface area contributed by atoms with Crippen molar-refractivity contribution in [2.75, 3.05) is 0 Å². The van der Waals surface area contributed by atoms with E-state index in [-0.39, 0.29) is 11.8 Å². The zero-order chi connectivity index (χ0) is 23.6. The summed E-state index contributed by atoms with van der Waals surface area (Å²) in [5.41, 5.74) is 2.36. The van der Waals surface area contributed by atoms with Gasteiger partial charge in [-0.1, -0.05) is 48.9 Å². The van der Waals surface area contributed by atoms with Crippen molar-refractivity contribution in [3.8, 4) is 5.75 Å². The normalized spacial score (nSPS) is 14.7. The number of hydrogen-bond donors (Lipinski definition) is 2. The number of rotatable bonds is 9. The largest absolute Gasteiger partial charge is 0.490 e. The van der Waals surface area contributed by atoms with Crippen molar-refractivity contribution in [1.82, 2.24) is 15.6 Å². The van der Waals surface area contributed by atoms with Crippen LogP contribution in [0, 0.1) is 0 Å². The molecule has 0 bridgehead atoms. The molecule has 2 N–H and O–H groups in total. The van der Waals surface area contributed by atoms with Crippen LogP contribution in [0.25, 0.3) is 0 Å². The molecule has 2 amide bonds. The predicted octanol–water partition coefficient (Wildman–Crippen LogP) is 4.45. The fourth-order valence-corrected chi connectivity index (χ4v) is 4.17. The molecular formula is C28H31N3O3. The van der Waals surface area contributed by atoms with Crippen LogP contribution >= 0.6 is 0 Å². The van der Waals surface area contributed by atoms with E-state index in [2.05, 4.69) is 15.6 Å². The first-order chi connectivity index (χ1) is 16.7. The molecule has 176 valence electrons. The fourth-order valence-electron chi connectivity index (χ4n) is 4.17. The van der Waals surface area contributed by atoms with Crippen molar-refractivity contribution < 1.29 is 14.3 Å². The summed E-state index contributed by atoms with van der Waals surface area (Å²) < 4.78 is 6.09. The minimum absolute atomic E-state index is 0.233. The van der Waals surface area contributed by atoms with E-state index in [0.29, 0.717) is 24.6 Å². The summed E-state index contributed by atoms with van der Waals surface area (Å²) in [5, 5.41) is 5.83. The molecule has 1 atom stereocenters. The van der Waals surface area contributed by atoms with Crippen molar-refractivity contribution >= 4 is 11.8 Å². The zero-order valence-corrected chi connectivity index (χ0v) is 19.3. The van der Waals surface area contributed by atoms with Crippen molar-refractivity contribution in [1.29, 1.82) is 0 Å². The first-order valence-electron chi connectivity index (χ1n) is 12.0. The quantitative estimate of drug-likeness (QED) is 0.498. The van der Waals surface area contributed by atoms with E-state index in [4.69, 9.17) is 4.74 Å². The van der Waals surface area contributed by atoms with Crippen LogP contribution in [-0.4, -0.2) is 28.9 Å². The van der Waals surface area contributed by atoms with Gasteiger partial charge < -0.3 is 15.4 Å². The average molecular weight is 458 g/mol. The van der Waals surface area contributed by atoms with Crippen LogP contribution in [0.5, 0.6) is 5.75 Å². The molecule has 0 spiro atoms. The van der Waals surface area contributed by atoms with Gasteiger partial charge in [-0.25, -0.2) is 0 Å². The summed E-state index contributed by atoms with van der Waals surface area (Å²) in [5.74, 6) is 0.310. The molecule has 6 heteroatoms. The summed E-state index contributed by atoms with van der Waals surface area (Å²) in [4.78, 5) is 29.7. The topological polar surface area (TPSA) is 80.3 Å². The highest BCUT2D eigenvalue weighted by molar-refractivity contribution is 5.97. The van der Waals surface area contributed by atoms with Gasteiger partial charge in [0.2, 0.25) is 5.91 Å². The van der Waals surface area contributed by atoms with Gasteiger partial charge in [0.25, 0.3) is 5.91 Å². The highest BCUT2D eigenvalue weighted by atomic mass is 16.5. The first-order valence-corrected chi connectivity index (χ1v) is 12.0. The summed E-state index contributed by atoms with van der Waals surface area (Å²) in [7, 11) is 0. The Morgan fingerprint density at radius 2 is 1.68 bits per heavy atom. The lowest BCUT2D eigenvalue weighted by Gasteiger charge is -2.23. The van der Waals surface area contributed by atoms with Crippen molar-refractivity contribution in [2.45, 2.75) is 57.2 Å². The molecule has 1 fully saturated rings. The van der Waals surface area contributed by atoms with Crippen LogP contribution in [0.15, 0.2) is 79.1 Å². The molecule has 1 aliphatic carbocycles. The molecule has 2 aromatic carbocycles. The Morgan fingerprint density at radius 3 is 2.38 bits per heavy atom. The number of amides is 2. The first kappa shape index (κ1) is 23.5. The van der Waals surface area contributed by atoms with Crippen molar-refractivity contribution in [2.24, 2.45) is 0 Å². The molecule has 0 saturated heterocycles. The number of carbonyl (C=O) groups excluding carboxylic acids is 2. The Bertz CT molecular complexity index is 1050. The summed E-state index contributed by atoms with van der Waals surface area (Å²) in [6.07, 6.45) is 9.80. The second-order valence-electron chi connectivity index (χ2n) is 8.70. The molecule has 1 aromatic heterocycles. The van der Waals surface area contributed by atoms with E-state index in [9.17, 15) is 9.59 Å². The standard InChI is InChI=1S/C28H31N3O3/c32-27(23-10-7-17-29-20-23)31-26(18-21-8-3-1-4-9-21)28(33)30-19-22-13-15-25(16-14-22)34-24-11-5-2-6-12-24/h1,3-4,7-10,13-17,20,24,26H,2,5-6,11-12,18-19H2,(H,30,33)(H,31,32). The zero-order valence-electron chi connectivity index (χ0n) is 19.3. The lowest BCUT2D eigenvalue weighted by molar-refractivity contribution is -0.123. The summed E-state index contributed by atoms with van der Waals surface area (Å²) in [6, 6.07) is 20.2. The van der Waals surface area contributed by atoms with Crippen molar-refractivity contribution in [3.63, 3.8) is 0 Å². The number of ether oxygens (including phenoxy) is 1. The smallest absolute Gasteiger partial charge is 0.253 e. The van der Waals surface area contributed by atoms with E-state index in [0.717, 1.165) is 29.7 Å². The predicted molar refractivity (Wildman–Crippen MR) is 131 cm³/mol. The van der Waals surface area contributed by atoms with Gasteiger partial charge in [-0.05, 0) is 61.1 Å². The van der Waals surface area contributed by atoms with Crippen LogP contribution in [0.4, 0.5) is 0 Å². The van der Waals surface area contributed by atoms with Gasteiger partial charge in [0.15, 0.2) is 0 Å². The number of benzene rings is 2. The summed E-state index contributed by atoms with van der Waals surface area (Å²) in [6.45, 7) is 0.372. The maximum atomic E-state index is 13.1. The molecule has 1 aliphatic rings. The van der Waals surface area contributed by atoms with Crippen LogP contribution in [0.2, 0.25) is 0 Å². The molecular weight excluding hydrogens is 426 g/mol. The molecule has 6 nitrogen and oxygen atoms in total. The Hall–Kier alpha value is -3.67. The van der Waals surface area contributed by atoms with E-state index in [1.807, 2.05) is 54.6 Å². The minimum atomic E-state index is -0.705. The highest BCUT2D eigenvalue weighted by Crippen LogP contribution is 2.23. The molecule has 3 aromatic rings. The van der Waals surface area contributed by atoms with Crippen LogP contribution in [-0.2, 0) is 17.8 Å². The van der Waals surface area contributed by atoms with Gasteiger partial charge in [-0.3, -0.25) is 14.6 Å². The second kappa shape index (κ2) is 12.0. The number of carbonyl (C=O) groups is 2. The van der Waals surface area contributed by atoms with E-state index < -0.39 is 6.04 Å². The highest BCUT2D eigenvalue weighted by Gasteiger charge is 2.22. The number of hydrogen-bond acceptors (Lipinski definition) is 4. The molecule has 34 heavy (non-hydrogen) atoms.